The molecule has 0 spiro atoms. The Balaban J connectivity index is 3.86. The van der Waals surface area contributed by atoms with E-state index in [2.05, 4.69) is 6.92 Å². The number of esters is 1. The Morgan fingerprint density at radius 2 is 2.23 bits per heavy atom. The van der Waals surface area contributed by atoms with E-state index in [9.17, 15) is 4.79 Å². The fourth-order valence-corrected chi connectivity index (χ4v) is 0.868. The lowest BCUT2D eigenvalue weighted by atomic mass is 10.2. The number of rotatable bonds is 5. The first-order valence-corrected chi connectivity index (χ1v) is 4.71. The van der Waals surface area contributed by atoms with E-state index in [1.54, 1.807) is 13.8 Å². The molecule has 0 aromatic heterocycles. The van der Waals surface area contributed by atoms with Crippen molar-refractivity contribution < 1.29 is 9.53 Å². The number of hydrogen-bond donors (Lipinski definition) is 1. The van der Waals surface area contributed by atoms with Crippen molar-refractivity contribution in [3.05, 3.63) is 11.6 Å². The second-order valence-corrected chi connectivity index (χ2v) is 3.14. The molecule has 2 N–H and O–H groups in total. The molecule has 0 heterocycles. The SMILES string of the molecule is CCCC/C=C(\C)C(=O)OC(C)N. The van der Waals surface area contributed by atoms with Gasteiger partial charge in [-0.05, 0) is 20.3 Å². The molecule has 0 aliphatic rings. The van der Waals surface area contributed by atoms with Crippen molar-refractivity contribution in [2.75, 3.05) is 0 Å². The van der Waals surface area contributed by atoms with Gasteiger partial charge in [0.15, 0.2) is 0 Å². The van der Waals surface area contributed by atoms with Crippen LogP contribution in [0.25, 0.3) is 0 Å². The lowest BCUT2D eigenvalue weighted by Gasteiger charge is -2.07. The van der Waals surface area contributed by atoms with Crippen molar-refractivity contribution in [1.29, 1.82) is 0 Å². The van der Waals surface area contributed by atoms with E-state index in [-0.39, 0.29) is 5.97 Å². The van der Waals surface area contributed by atoms with Crippen LogP contribution >= 0.6 is 0 Å². The molecule has 1 atom stereocenters. The molecule has 76 valence electrons. The number of nitrogens with two attached hydrogens (primary N) is 1. The normalized spacial score (nSPS) is 14.0. The highest BCUT2D eigenvalue weighted by atomic mass is 16.6. The van der Waals surface area contributed by atoms with Gasteiger partial charge in [-0.3, -0.25) is 5.73 Å². The first-order valence-electron chi connectivity index (χ1n) is 4.71. The molecule has 0 rings (SSSR count). The van der Waals surface area contributed by atoms with Gasteiger partial charge in [0, 0.05) is 5.57 Å². The summed E-state index contributed by atoms with van der Waals surface area (Å²) in [4.78, 5) is 11.2. The summed E-state index contributed by atoms with van der Waals surface area (Å²) in [5.41, 5.74) is 5.96. The predicted octanol–water partition coefficient (Wildman–Crippen LogP) is 1.97. The highest BCUT2D eigenvalue weighted by molar-refractivity contribution is 5.87. The first-order chi connectivity index (χ1) is 6.07. The Morgan fingerprint density at radius 3 is 2.69 bits per heavy atom. The maximum absolute atomic E-state index is 11.2. The third kappa shape index (κ3) is 6.34. The topological polar surface area (TPSA) is 52.3 Å². The molecule has 0 bridgehead atoms. The number of unbranched alkanes of at least 4 members (excludes halogenated alkanes) is 2. The lowest BCUT2D eigenvalue weighted by molar-refractivity contribution is -0.143. The van der Waals surface area contributed by atoms with E-state index in [0.717, 1.165) is 19.3 Å². The number of carbonyl (C=O) groups excluding carboxylic acids is 1. The van der Waals surface area contributed by atoms with Crippen molar-refractivity contribution in [1.82, 2.24) is 0 Å². The molecular formula is C10H19NO2. The van der Waals surface area contributed by atoms with Crippen LogP contribution in [-0.4, -0.2) is 12.2 Å². The van der Waals surface area contributed by atoms with E-state index in [1.807, 2.05) is 6.08 Å². The lowest BCUT2D eigenvalue weighted by Crippen LogP contribution is -2.23. The molecule has 1 unspecified atom stereocenters. The molecule has 3 nitrogen and oxygen atoms in total. The van der Waals surface area contributed by atoms with Crippen molar-refractivity contribution in [2.45, 2.75) is 46.3 Å². The third-order valence-corrected chi connectivity index (χ3v) is 1.62. The van der Waals surface area contributed by atoms with Crippen molar-refractivity contribution in [3.63, 3.8) is 0 Å². The second kappa shape index (κ2) is 6.66. The van der Waals surface area contributed by atoms with Gasteiger partial charge in [-0.1, -0.05) is 25.8 Å². The molecule has 0 aliphatic heterocycles. The summed E-state index contributed by atoms with van der Waals surface area (Å²) in [5, 5.41) is 0. The molecular weight excluding hydrogens is 166 g/mol. The molecule has 0 aliphatic carbocycles. The van der Waals surface area contributed by atoms with E-state index in [0.29, 0.717) is 5.57 Å². The molecule has 0 saturated heterocycles. The van der Waals surface area contributed by atoms with Crippen LogP contribution in [0.5, 0.6) is 0 Å². The van der Waals surface area contributed by atoms with Gasteiger partial charge < -0.3 is 4.74 Å². The number of hydrogen-bond acceptors (Lipinski definition) is 3. The quantitative estimate of drug-likeness (QED) is 0.308. The zero-order valence-electron chi connectivity index (χ0n) is 8.67. The Hall–Kier alpha value is -0.830. The highest BCUT2D eigenvalue weighted by Gasteiger charge is 2.06. The van der Waals surface area contributed by atoms with Crippen molar-refractivity contribution in [2.24, 2.45) is 5.73 Å². The van der Waals surface area contributed by atoms with Gasteiger partial charge in [-0.15, -0.1) is 0 Å². The Morgan fingerprint density at radius 1 is 1.62 bits per heavy atom. The van der Waals surface area contributed by atoms with Crippen LogP contribution in [0, 0.1) is 0 Å². The summed E-state index contributed by atoms with van der Waals surface area (Å²) in [7, 11) is 0. The molecule has 0 aromatic rings. The van der Waals surface area contributed by atoms with Crippen LogP contribution in [0.3, 0.4) is 0 Å². The largest absolute Gasteiger partial charge is 0.444 e. The predicted molar refractivity (Wildman–Crippen MR) is 53.0 cm³/mol. The van der Waals surface area contributed by atoms with E-state index >= 15 is 0 Å². The van der Waals surface area contributed by atoms with Gasteiger partial charge in [0.1, 0.15) is 6.23 Å². The number of carbonyl (C=O) groups is 1. The molecule has 13 heavy (non-hydrogen) atoms. The first kappa shape index (κ1) is 12.2. The number of ether oxygens (including phenoxy) is 1. The van der Waals surface area contributed by atoms with E-state index < -0.39 is 6.23 Å². The fourth-order valence-electron chi connectivity index (χ4n) is 0.868. The Bertz CT molecular complexity index is 185. The maximum Gasteiger partial charge on any atom is 0.334 e. The van der Waals surface area contributed by atoms with Crippen molar-refractivity contribution in [3.8, 4) is 0 Å². The van der Waals surface area contributed by atoms with Gasteiger partial charge in [0.2, 0.25) is 0 Å². The number of allylic oxidation sites excluding steroid dienone is 1. The van der Waals surface area contributed by atoms with Gasteiger partial charge >= 0.3 is 5.97 Å². The molecule has 0 fully saturated rings. The minimum Gasteiger partial charge on any atom is -0.444 e. The van der Waals surface area contributed by atoms with E-state index in [1.165, 1.54) is 0 Å². The zero-order valence-corrected chi connectivity index (χ0v) is 8.67. The summed E-state index contributed by atoms with van der Waals surface area (Å²) in [5.74, 6) is -0.314. The van der Waals surface area contributed by atoms with Gasteiger partial charge in [-0.2, -0.15) is 0 Å². The van der Waals surface area contributed by atoms with E-state index in [4.69, 9.17) is 10.5 Å². The molecule has 0 amide bonds. The van der Waals surface area contributed by atoms with Gasteiger partial charge in [0.05, 0.1) is 0 Å². The minimum absolute atomic E-state index is 0.314. The fraction of sp³-hybridized carbons (Fsp3) is 0.700. The average Bonchev–Trinajstić information content (AvgIpc) is 2.03. The molecule has 0 aromatic carbocycles. The molecule has 3 heteroatoms. The highest BCUT2D eigenvalue weighted by Crippen LogP contribution is 2.03. The molecule has 0 saturated carbocycles. The van der Waals surface area contributed by atoms with Crippen LogP contribution in [0.1, 0.15) is 40.0 Å². The monoisotopic (exact) mass is 185 g/mol. The smallest absolute Gasteiger partial charge is 0.334 e. The van der Waals surface area contributed by atoms with Gasteiger partial charge in [-0.25, -0.2) is 4.79 Å². The van der Waals surface area contributed by atoms with Crippen LogP contribution in [0.4, 0.5) is 0 Å². The Kier molecular flexibility index (Phi) is 6.24. The average molecular weight is 185 g/mol. The van der Waals surface area contributed by atoms with Crippen LogP contribution in [0.2, 0.25) is 0 Å². The third-order valence-electron chi connectivity index (χ3n) is 1.62. The van der Waals surface area contributed by atoms with Crippen LogP contribution in [0.15, 0.2) is 11.6 Å². The summed E-state index contributed by atoms with van der Waals surface area (Å²) < 4.78 is 4.81. The minimum atomic E-state index is -0.526. The van der Waals surface area contributed by atoms with Crippen molar-refractivity contribution >= 4 is 5.97 Å². The van der Waals surface area contributed by atoms with Crippen LogP contribution in [-0.2, 0) is 9.53 Å². The second-order valence-electron chi connectivity index (χ2n) is 3.14. The summed E-state index contributed by atoms with van der Waals surface area (Å²) >= 11 is 0. The summed E-state index contributed by atoms with van der Waals surface area (Å²) in [6.07, 6.45) is 4.53. The standard InChI is InChI=1S/C10H19NO2/c1-4-5-6-7-8(2)10(12)13-9(3)11/h7,9H,4-6,11H2,1-3H3/b8-7+. The van der Waals surface area contributed by atoms with Crippen LogP contribution < -0.4 is 5.73 Å². The molecule has 0 radical (unpaired) electrons. The maximum atomic E-state index is 11.2. The van der Waals surface area contributed by atoms with Gasteiger partial charge in [0.25, 0.3) is 0 Å². The summed E-state index contributed by atoms with van der Waals surface area (Å²) in [6, 6.07) is 0. The zero-order chi connectivity index (χ0) is 10.3. The Labute approximate surface area is 79.9 Å². The summed E-state index contributed by atoms with van der Waals surface area (Å²) in [6.45, 7) is 5.50.